The van der Waals surface area contributed by atoms with E-state index in [0.29, 0.717) is 45.4 Å². The van der Waals surface area contributed by atoms with Gasteiger partial charge in [-0.2, -0.15) is 0 Å². The van der Waals surface area contributed by atoms with E-state index in [1.54, 1.807) is 4.90 Å². The minimum Gasteiger partial charge on any atom is -0.445 e. The molecule has 3 aromatic rings. The summed E-state index contributed by atoms with van der Waals surface area (Å²) >= 11 is 0. The van der Waals surface area contributed by atoms with E-state index in [-0.39, 0.29) is 32.1 Å². The maximum atomic E-state index is 13.0. The zero-order chi connectivity index (χ0) is 31.4. The van der Waals surface area contributed by atoms with Gasteiger partial charge in [0.2, 0.25) is 0 Å². The molecule has 0 atom stereocenters. The van der Waals surface area contributed by atoms with Crippen LogP contribution in [0.5, 0.6) is 0 Å². The molecule has 3 amide bonds. The van der Waals surface area contributed by atoms with E-state index >= 15 is 0 Å². The van der Waals surface area contributed by atoms with Gasteiger partial charge in [-0.1, -0.05) is 91.0 Å². The first-order valence-corrected chi connectivity index (χ1v) is 14.8. The molecule has 0 saturated heterocycles. The van der Waals surface area contributed by atoms with Crippen molar-refractivity contribution in [3.05, 3.63) is 108 Å². The number of hydrogen-bond donors (Lipinski definition) is 1. The number of rotatable bonds is 17. The molecular weight excluding hydrogens is 562 g/mol. The smallest absolute Gasteiger partial charge is 0.410 e. The molecular formula is C34H41N3O7. The largest absolute Gasteiger partial charge is 0.445 e. The molecule has 0 unspecified atom stereocenters. The number of nitrogens with one attached hydrogen (secondary N) is 1. The summed E-state index contributed by atoms with van der Waals surface area (Å²) in [4.78, 5) is 52.5. The number of ether oxygens (including phenoxy) is 3. The number of hydrogen-bond acceptors (Lipinski definition) is 7. The standard InChI is InChI=1S/C34H41N3O7/c1-28(38)24-37(34(41)44-27-31-18-9-4-10-19-31)22-12-11-21-36(33(40)43-26-30-16-7-3-8-17-30)23-13-20-35-32(39)42-25-29-14-5-2-6-15-29/h2-10,14-19H,11-13,20-27H2,1H3,(H,35,39). The second kappa shape index (κ2) is 19.4. The number of amides is 3. The summed E-state index contributed by atoms with van der Waals surface area (Å²) in [6.45, 7) is 3.14. The molecule has 44 heavy (non-hydrogen) atoms. The van der Waals surface area contributed by atoms with Gasteiger partial charge in [0.15, 0.2) is 0 Å². The van der Waals surface area contributed by atoms with E-state index in [0.717, 1.165) is 16.7 Å². The van der Waals surface area contributed by atoms with Gasteiger partial charge in [-0.3, -0.25) is 4.79 Å². The average molecular weight is 604 g/mol. The molecule has 0 aromatic heterocycles. The lowest BCUT2D eigenvalue weighted by Gasteiger charge is -2.24. The number of unbranched alkanes of at least 4 members (excludes halogenated alkanes) is 1. The molecule has 3 aromatic carbocycles. The van der Waals surface area contributed by atoms with Crippen molar-refractivity contribution >= 4 is 24.1 Å². The Morgan fingerprint density at radius 1 is 0.568 bits per heavy atom. The lowest BCUT2D eigenvalue weighted by atomic mass is 10.2. The maximum absolute atomic E-state index is 13.0. The summed E-state index contributed by atoms with van der Waals surface area (Å²) < 4.78 is 16.2. The van der Waals surface area contributed by atoms with Crippen LogP contribution in [-0.2, 0) is 38.8 Å². The quantitative estimate of drug-likeness (QED) is 0.150. The predicted molar refractivity (Wildman–Crippen MR) is 166 cm³/mol. The highest BCUT2D eigenvalue weighted by Gasteiger charge is 2.19. The van der Waals surface area contributed by atoms with Gasteiger partial charge in [0.1, 0.15) is 25.6 Å². The third-order valence-corrected chi connectivity index (χ3v) is 6.53. The van der Waals surface area contributed by atoms with E-state index in [1.807, 2.05) is 91.0 Å². The minimum absolute atomic E-state index is 0.0531. The van der Waals surface area contributed by atoms with Gasteiger partial charge in [0.25, 0.3) is 0 Å². The van der Waals surface area contributed by atoms with Gasteiger partial charge in [0, 0.05) is 26.2 Å². The number of Topliss-reactive ketones (excluding diaryl/α,β-unsaturated/α-hetero) is 1. The molecule has 0 spiro atoms. The summed E-state index contributed by atoms with van der Waals surface area (Å²) in [6.07, 6.45) is 0.0325. The van der Waals surface area contributed by atoms with Gasteiger partial charge >= 0.3 is 18.3 Å². The van der Waals surface area contributed by atoms with E-state index < -0.39 is 18.3 Å². The van der Waals surface area contributed by atoms with Crippen molar-refractivity contribution in [1.29, 1.82) is 0 Å². The molecule has 0 radical (unpaired) electrons. The second-order valence-corrected chi connectivity index (χ2v) is 10.2. The zero-order valence-electron chi connectivity index (χ0n) is 25.2. The van der Waals surface area contributed by atoms with Gasteiger partial charge < -0.3 is 29.3 Å². The molecule has 0 aliphatic rings. The molecule has 0 bridgehead atoms. The summed E-state index contributed by atoms with van der Waals surface area (Å²) in [7, 11) is 0. The number of carbonyl (C=O) groups is 4. The highest BCUT2D eigenvalue weighted by Crippen LogP contribution is 2.09. The van der Waals surface area contributed by atoms with Crippen molar-refractivity contribution in [1.82, 2.24) is 15.1 Å². The molecule has 10 heteroatoms. The Labute approximate surface area is 258 Å². The fourth-order valence-corrected chi connectivity index (χ4v) is 4.26. The summed E-state index contributed by atoms with van der Waals surface area (Å²) in [5.74, 6) is -0.150. The molecule has 0 heterocycles. The Bertz CT molecular complexity index is 1290. The lowest BCUT2D eigenvalue weighted by Crippen LogP contribution is -2.38. The Morgan fingerprint density at radius 2 is 0.977 bits per heavy atom. The predicted octanol–water partition coefficient (Wildman–Crippen LogP) is 5.95. The summed E-state index contributed by atoms with van der Waals surface area (Å²) in [5.41, 5.74) is 2.62. The van der Waals surface area contributed by atoms with Crippen molar-refractivity contribution in [2.75, 3.05) is 32.7 Å². The Hall–Kier alpha value is -4.86. The van der Waals surface area contributed by atoms with Crippen LogP contribution < -0.4 is 5.32 Å². The molecule has 10 nitrogen and oxygen atoms in total. The molecule has 0 aliphatic carbocycles. The molecule has 1 N–H and O–H groups in total. The number of carbonyl (C=O) groups excluding carboxylic acids is 4. The van der Waals surface area contributed by atoms with Crippen LogP contribution in [0.4, 0.5) is 14.4 Å². The van der Waals surface area contributed by atoms with Crippen LogP contribution in [0.2, 0.25) is 0 Å². The Balaban J connectivity index is 1.46. The number of nitrogens with zero attached hydrogens (tertiary/aromatic N) is 2. The van der Waals surface area contributed by atoms with Gasteiger partial charge in [-0.05, 0) is 42.9 Å². The van der Waals surface area contributed by atoms with Crippen molar-refractivity contribution in [3.63, 3.8) is 0 Å². The minimum atomic E-state index is -0.562. The first-order valence-electron chi connectivity index (χ1n) is 14.8. The lowest BCUT2D eigenvalue weighted by molar-refractivity contribution is -0.117. The Morgan fingerprint density at radius 3 is 1.45 bits per heavy atom. The SMILES string of the molecule is CC(=O)CN(CCCCN(CCCNC(=O)OCc1ccccc1)C(=O)OCc1ccccc1)C(=O)OCc1ccccc1. The van der Waals surface area contributed by atoms with Crippen LogP contribution in [0.15, 0.2) is 91.0 Å². The van der Waals surface area contributed by atoms with Gasteiger partial charge in [-0.15, -0.1) is 0 Å². The number of ketones is 1. The first-order chi connectivity index (χ1) is 21.4. The van der Waals surface area contributed by atoms with Crippen LogP contribution in [0.1, 0.15) is 42.9 Å². The number of alkyl carbamates (subject to hydrolysis) is 1. The second-order valence-electron chi connectivity index (χ2n) is 10.2. The summed E-state index contributed by atoms with van der Waals surface area (Å²) in [5, 5.41) is 2.71. The Kier molecular flexibility index (Phi) is 14.8. The van der Waals surface area contributed by atoms with Gasteiger partial charge in [0.05, 0.1) is 6.54 Å². The molecule has 234 valence electrons. The van der Waals surface area contributed by atoms with Gasteiger partial charge in [-0.25, -0.2) is 14.4 Å². The summed E-state index contributed by atoms with van der Waals surface area (Å²) in [6, 6.07) is 28.1. The van der Waals surface area contributed by atoms with Crippen molar-refractivity contribution in [2.45, 2.75) is 46.0 Å². The molecule has 0 fully saturated rings. The van der Waals surface area contributed by atoms with Crippen molar-refractivity contribution < 1.29 is 33.4 Å². The van der Waals surface area contributed by atoms with Crippen LogP contribution >= 0.6 is 0 Å². The van der Waals surface area contributed by atoms with E-state index in [1.165, 1.54) is 11.8 Å². The highest BCUT2D eigenvalue weighted by atomic mass is 16.6. The van der Waals surface area contributed by atoms with Crippen molar-refractivity contribution in [2.24, 2.45) is 0 Å². The third-order valence-electron chi connectivity index (χ3n) is 6.53. The molecule has 3 rings (SSSR count). The average Bonchev–Trinajstić information content (AvgIpc) is 3.05. The van der Waals surface area contributed by atoms with E-state index in [9.17, 15) is 19.2 Å². The number of benzene rings is 3. The maximum Gasteiger partial charge on any atom is 0.410 e. The highest BCUT2D eigenvalue weighted by molar-refractivity contribution is 5.81. The van der Waals surface area contributed by atoms with E-state index in [2.05, 4.69) is 5.32 Å². The van der Waals surface area contributed by atoms with Crippen LogP contribution in [-0.4, -0.2) is 66.6 Å². The monoisotopic (exact) mass is 603 g/mol. The fourth-order valence-electron chi connectivity index (χ4n) is 4.26. The topological polar surface area (TPSA) is 114 Å². The fraction of sp³-hybridized carbons (Fsp3) is 0.353. The van der Waals surface area contributed by atoms with Crippen molar-refractivity contribution in [3.8, 4) is 0 Å². The normalized spacial score (nSPS) is 10.4. The third kappa shape index (κ3) is 13.4. The molecule has 0 saturated carbocycles. The first kappa shape index (κ1) is 33.6. The van der Waals surface area contributed by atoms with Crippen LogP contribution in [0.25, 0.3) is 0 Å². The molecule has 0 aliphatic heterocycles. The van der Waals surface area contributed by atoms with Crippen LogP contribution in [0.3, 0.4) is 0 Å². The van der Waals surface area contributed by atoms with Crippen LogP contribution in [0, 0.1) is 0 Å². The van der Waals surface area contributed by atoms with E-state index in [4.69, 9.17) is 14.2 Å². The zero-order valence-corrected chi connectivity index (χ0v) is 25.2.